The Balaban J connectivity index is 0.000000236. The normalized spacial score (nSPS) is 19.5. The van der Waals surface area contributed by atoms with Gasteiger partial charge in [0.05, 0.1) is 18.6 Å². The third kappa shape index (κ3) is 6.62. The average molecular weight is 186 g/mol. The minimum Gasteiger partial charge on any atom is -0.379 e. The number of ether oxygens (including phenoxy) is 1. The van der Waals surface area contributed by atoms with Gasteiger partial charge in [-0.1, -0.05) is 0 Å². The van der Waals surface area contributed by atoms with Crippen molar-refractivity contribution in [1.82, 2.24) is 4.90 Å². The Hall–Kier alpha value is 0.500. The van der Waals surface area contributed by atoms with Crippen molar-refractivity contribution >= 4 is 23.2 Å². The highest BCUT2D eigenvalue weighted by molar-refractivity contribution is 6.40. The van der Waals surface area contributed by atoms with Gasteiger partial charge >= 0.3 is 0 Å². The van der Waals surface area contributed by atoms with E-state index in [-0.39, 0.29) is 5.34 Å². The second-order valence-corrected chi connectivity index (χ2v) is 2.82. The van der Waals surface area contributed by atoms with Crippen LogP contribution in [0.1, 0.15) is 0 Å². The van der Waals surface area contributed by atoms with Crippen LogP contribution in [0.4, 0.5) is 0 Å². The van der Waals surface area contributed by atoms with Crippen LogP contribution >= 0.6 is 23.2 Å². The fraction of sp³-hybridized carbons (Fsp3) is 1.00. The Labute approximate surface area is 72.0 Å². The Morgan fingerprint density at radius 2 is 1.70 bits per heavy atom. The van der Waals surface area contributed by atoms with E-state index in [9.17, 15) is 0 Å². The van der Waals surface area contributed by atoms with Crippen LogP contribution in [0.5, 0.6) is 0 Å². The molecule has 0 N–H and O–H groups in total. The molecule has 0 aromatic rings. The van der Waals surface area contributed by atoms with Crippen molar-refractivity contribution in [2.24, 2.45) is 0 Å². The molecule has 1 heterocycles. The zero-order valence-electron chi connectivity index (χ0n) is 6.15. The zero-order valence-corrected chi connectivity index (χ0v) is 7.66. The number of nitrogens with zero attached hydrogens (tertiary/aromatic N) is 1. The molecule has 1 aliphatic rings. The average Bonchev–Trinajstić information content (AvgIpc) is 1.91. The van der Waals surface area contributed by atoms with E-state index in [1.54, 1.807) is 0 Å². The van der Waals surface area contributed by atoms with Gasteiger partial charge in [-0.2, -0.15) is 0 Å². The first kappa shape index (κ1) is 10.5. The lowest BCUT2D eigenvalue weighted by atomic mass is 10.5. The summed E-state index contributed by atoms with van der Waals surface area (Å²) in [5, 5.41) is 0.194. The molecular weight excluding hydrogens is 173 g/mol. The fourth-order valence-electron chi connectivity index (χ4n) is 0.655. The molecule has 0 aromatic carbocycles. The molecule has 1 aliphatic heterocycles. The molecular formula is C6H13Cl2NO. The summed E-state index contributed by atoms with van der Waals surface area (Å²) in [6, 6.07) is 0. The molecule has 1 fully saturated rings. The molecule has 4 heteroatoms. The summed E-state index contributed by atoms with van der Waals surface area (Å²) in [5.41, 5.74) is 0. The van der Waals surface area contributed by atoms with E-state index in [2.05, 4.69) is 11.9 Å². The van der Waals surface area contributed by atoms with E-state index in [4.69, 9.17) is 27.9 Å². The maximum absolute atomic E-state index is 5.10. The summed E-state index contributed by atoms with van der Waals surface area (Å²) < 4.78 is 5.10. The van der Waals surface area contributed by atoms with E-state index in [0.717, 1.165) is 26.3 Å². The second kappa shape index (κ2) is 7.61. The van der Waals surface area contributed by atoms with Gasteiger partial charge in [0.1, 0.15) is 0 Å². The molecule has 1 rings (SSSR count). The number of rotatable bonds is 0. The van der Waals surface area contributed by atoms with Crippen LogP contribution in [-0.4, -0.2) is 43.6 Å². The molecule has 10 heavy (non-hydrogen) atoms. The standard InChI is InChI=1S/C5H11NO.CH2Cl2/c1-6-2-4-7-5-3-6;2-1-3/h2-5H2,1H3;1H2. The highest BCUT2D eigenvalue weighted by atomic mass is 35.5. The van der Waals surface area contributed by atoms with Gasteiger partial charge in [-0.15, -0.1) is 23.2 Å². The van der Waals surface area contributed by atoms with Crippen molar-refractivity contribution in [3.63, 3.8) is 0 Å². The topological polar surface area (TPSA) is 12.5 Å². The molecule has 0 amide bonds. The monoisotopic (exact) mass is 185 g/mol. The Morgan fingerprint density at radius 3 is 1.90 bits per heavy atom. The van der Waals surface area contributed by atoms with E-state index in [1.165, 1.54) is 0 Å². The fourth-order valence-corrected chi connectivity index (χ4v) is 0.655. The number of likely N-dealkylation sites (N-methyl/N-ethyl adjacent to an activating group) is 1. The number of alkyl halides is 2. The molecule has 0 saturated carbocycles. The largest absolute Gasteiger partial charge is 0.379 e. The number of halogens is 2. The molecule has 0 bridgehead atoms. The molecule has 2 nitrogen and oxygen atoms in total. The number of hydrogen-bond donors (Lipinski definition) is 0. The maximum atomic E-state index is 5.10. The minimum absolute atomic E-state index is 0.194. The smallest absolute Gasteiger partial charge is 0.0967 e. The van der Waals surface area contributed by atoms with Gasteiger partial charge in [0.25, 0.3) is 0 Å². The lowest BCUT2D eigenvalue weighted by Crippen LogP contribution is -2.32. The van der Waals surface area contributed by atoms with Crippen molar-refractivity contribution in [1.29, 1.82) is 0 Å². The van der Waals surface area contributed by atoms with Crippen molar-refractivity contribution in [3.05, 3.63) is 0 Å². The van der Waals surface area contributed by atoms with E-state index >= 15 is 0 Å². The molecule has 0 aromatic heterocycles. The van der Waals surface area contributed by atoms with E-state index in [1.807, 2.05) is 0 Å². The van der Waals surface area contributed by atoms with E-state index < -0.39 is 0 Å². The van der Waals surface area contributed by atoms with Crippen LogP contribution in [0.3, 0.4) is 0 Å². The lowest BCUT2D eigenvalue weighted by Gasteiger charge is -2.21. The third-order valence-corrected chi connectivity index (χ3v) is 1.23. The van der Waals surface area contributed by atoms with Gasteiger partial charge in [0.15, 0.2) is 0 Å². The first-order chi connectivity index (χ1) is 4.81. The summed E-state index contributed by atoms with van der Waals surface area (Å²) in [4.78, 5) is 2.27. The molecule has 0 spiro atoms. The van der Waals surface area contributed by atoms with Crippen LogP contribution < -0.4 is 0 Å². The van der Waals surface area contributed by atoms with Crippen molar-refractivity contribution < 1.29 is 4.74 Å². The summed E-state index contributed by atoms with van der Waals surface area (Å²) in [7, 11) is 2.11. The van der Waals surface area contributed by atoms with Crippen molar-refractivity contribution in [3.8, 4) is 0 Å². The van der Waals surface area contributed by atoms with Crippen LogP contribution in [-0.2, 0) is 4.74 Å². The van der Waals surface area contributed by atoms with E-state index in [0.29, 0.717) is 0 Å². The number of morpholine rings is 1. The molecule has 0 aliphatic carbocycles. The minimum atomic E-state index is 0.194. The van der Waals surface area contributed by atoms with Gasteiger partial charge in [-0.3, -0.25) is 0 Å². The summed E-state index contributed by atoms with van der Waals surface area (Å²) in [5.74, 6) is 0. The zero-order chi connectivity index (χ0) is 7.82. The Morgan fingerprint density at radius 1 is 1.30 bits per heavy atom. The van der Waals surface area contributed by atoms with Gasteiger partial charge in [-0.25, -0.2) is 0 Å². The van der Waals surface area contributed by atoms with Crippen LogP contribution in [0, 0.1) is 0 Å². The SMILES string of the molecule is CN1CCOCC1.ClCCl. The first-order valence-electron chi connectivity index (χ1n) is 3.19. The quantitative estimate of drug-likeness (QED) is 0.530. The third-order valence-electron chi connectivity index (χ3n) is 1.23. The summed E-state index contributed by atoms with van der Waals surface area (Å²) >= 11 is 9.53. The highest BCUT2D eigenvalue weighted by Crippen LogP contribution is 1.89. The van der Waals surface area contributed by atoms with Crippen LogP contribution in [0.25, 0.3) is 0 Å². The predicted molar refractivity (Wildman–Crippen MR) is 44.9 cm³/mol. The molecule has 0 atom stereocenters. The first-order valence-corrected chi connectivity index (χ1v) is 4.26. The summed E-state index contributed by atoms with van der Waals surface area (Å²) in [6.45, 7) is 4.02. The Kier molecular flexibility index (Phi) is 7.99. The van der Waals surface area contributed by atoms with Gasteiger partial charge in [-0.05, 0) is 7.05 Å². The maximum Gasteiger partial charge on any atom is 0.0967 e. The summed E-state index contributed by atoms with van der Waals surface area (Å²) in [6.07, 6.45) is 0. The van der Waals surface area contributed by atoms with Crippen molar-refractivity contribution in [2.75, 3.05) is 38.7 Å². The second-order valence-electron chi connectivity index (χ2n) is 2.02. The molecule has 0 unspecified atom stereocenters. The van der Waals surface area contributed by atoms with Gasteiger partial charge < -0.3 is 9.64 Å². The Bertz CT molecular complexity index is 66.8. The highest BCUT2D eigenvalue weighted by Gasteiger charge is 2.02. The van der Waals surface area contributed by atoms with Gasteiger partial charge in [0.2, 0.25) is 0 Å². The molecule has 62 valence electrons. The predicted octanol–water partition coefficient (Wildman–Crippen LogP) is 1.37. The lowest BCUT2D eigenvalue weighted by molar-refractivity contribution is 0.0503. The number of hydrogen-bond acceptors (Lipinski definition) is 2. The van der Waals surface area contributed by atoms with Gasteiger partial charge in [0, 0.05) is 13.1 Å². The van der Waals surface area contributed by atoms with Crippen LogP contribution in [0.15, 0.2) is 0 Å². The van der Waals surface area contributed by atoms with Crippen molar-refractivity contribution in [2.45, 2.75) is 0 Å². The molecule has 0 radical (unpaired) electrons. The molecule has 1 saturated heterocycles. The van der Waals surface area contributed by atoms with Crippen LogP contribution in [0.2, 0.25) is 0 Å².